The number of benzene rings is 1. The molecular weight excluding hydrogens is 511 g/mol. The highest BCUT2D eigenvalue weighted by molar-refractivity contribution is 5.98. The number of carboxylic acid groups (broad SMARTS) is 1. The molecule has 6 aliphatic rings. The summed E-state index contributed by atoms with van der Waals surface area (Å²) in [5, 5.41) is 19.3. The lowest BCUT2D eigenvalue weighted by Crippen LogP contribution is -3.11. The van der Waals surface area contributed by atoms with Crippen LogP contribution in [0.25, 0.3) is 16.7 Å². The van der Waals surface area contributed by atoms with Crippen LogP contribution in [-0.4, -0.2) is 49.0 Å². The molecule has 3 aromatic heterocycles. The largest absolute Gasteiger partial charge is 0.481 e. The van der Waals surface area contributed by atoms with Gasteiger partial charge in [-0.25, -0.2) is 18.7 Å². The van der Waals surface area contributed by atoms with Crippen molar-refractivity contribution in [2.24, 2.45) is 46.3 Å². The minimum Gasteiger partial charge on any atom is -0.481 e. The zero-order valence-electron chi connectivity index (χ0n) is 20.0. The fourth-order valence-electron chi connectivity index (χ4n) is 9.45. The first kappa shape index (κ1) is 21.4. The van der Waals surface area contributed by atoms with Gasteiger partial charge < -0.3 is 20.2 Å². The lowest BCUT2D eigenvalue weighted by atomic mass is 8.92. The number of halogens is 1. The van der Waals surface area contributed by atoms with Gasteiger partial charge in [0, 0.05) is 19.2 Å². The third-order valence-electron chi connectivity index (χ3n) is 10.6. The van der Waals surface area contributed by atoms with Gasteiger partial charge in [-0.3, -0.25) is 19.4 Å². The molecule has 0 spiro atoms. The maximum absolute atomic E-state index is 14.4. The summed E-state index contributed by atoms with van der Waals surface area (Å²) in [5.41, 5.74) is 0.663. The van der Waals surface area contributed by atoms with E-state index in [4.69, 9.17) is 4.42 Å². The number of nitrogens with one attached hydrogen (secondary N) is 3. The van der Waals surface area contributed by atoms with Crippen LogP contribution in [0.4, 0.5) is 4.39 Å². The zero-order chi connectivity index (χ0) is 26.6. The molecule has 6 fully saturated rings. The molecule has 13 heteroatoms. The Kier molecular flexibility index (Phi) is 3.49. The Morgan fingerprint density at radius 3 is 2.54 bits per heavy atom. The highest BCUT2D eigenvalue weighted by Crippen LogP contribution is 3.10. The summed E-state index contributed by atoms with van der Waals surface area (Å²) < 4.78 is 20.5. The van der Waals surface area contributed by atoms with E-state index in [1.54, 1.807) is 18.2 Å². The van der Waals surface area contributed by atoms with E-state index >= 15 is 0 Å². The smallest absolute Gasteiger partial charge is 0.417 e. The summed E-state index contributed by atoms with van der Waals surface area (Å²) in [7, 11) is 0. The van der Waals surface area contributed by atoms with E-state index in [9.17, 15) is 28.7 Å². The van der Waals surface area contributed by atoms with Crippen molar-refractivity contribution in [1.82, 2.24) is 30.2 Å². The van der Waals surface area contributed by atoms with Gasteiger partial charge in [0.15, 0.2) is 17.0 Å². The van der Waals surface area contributed by atoms with Gasteiger partial charge in [-0.1, -0.05) is 6.07 Å². The molecule has 39 heavy (non-hydrogen) atoms. The van der Waals surface area contributed by atoms with Gasteiger partial charge in [0.25, 0.3) is 11.8 Å². The lowest BCUT2D eigenvalue weighted by molar-refractivity contribution is -0.640. The van der Waals surface area contributed by atoms with E-state index in [0.717, 1.165) is 10.7 Å². The monoisotopic (exact) mass is 530 g/mol. The van der Waals surface area contributed by atoms with Crippen molar-refractivity contribution in [3.05, 3.63) is 63.8 Å². The van der Waals surface area contributed by atoms with E-state index in [0.29, 0.717) is 41.0 Å². The number of aromatic nitrogens is 4. The zero-order valence-corrected chi connectivity index (χ0v) is 20.0. The number of nitrogens with zero attached hydrogens (tertiary/aromatic N) is 3. The Bertz CT molecular complexity index is 1850. The minimum absolute atomic E-state index is 0.00501. The van der Waals surface area contributed by atoms with Crippen molar-refractivity contribution < 1.29 is 28.3 Å². The van der Waals surface area contributed by atoms with Crippen molar-refractivity contribution >= 4 is 34.5 Å². The third-order valence-corrected chi connectivity index (χ3v) is 10.6. The fraction of sp³-hybridized carbons (Fsp3) is 0.385. The molecule has 196 valence electrons. The first-order valence-electron chi connectivity index (χ1n) is 12.7. The molecule has 0 bridgehead atoms. The number of amides is 2. The quantitative estimate of drug-likeness (QED) is 0.272. The molecule has 4 N–H and O–H groups in total. The van der Waals surface area contributed by atoms with Crippen molar-refractivity contribution in [3.8, 4) is 0 Å². The number of oxazole rings is 1. The second-order valence-corrected chi connectivity index (χ2v) is 11.5. The Morgan fingerprint density at radius 1 is 1.08 bits per heavy atom. The number of hydrogen-bond acceptors (Lipinski definition) is 7. The first-order chi connectivity index (χ1) is 18.8. The molecule has 0 unspecified atom stereocenters. The van der Waals surface area contributed by atoms with Crippen LogP contribution in [0.3, 0.4) is 0 Å². The lowest BCUT2D eigenvalue weighted by Gasteiger charge is -3.10. The van der Waals surface area contributed by atoms with Crippen LogP contribution in [-0.2, 0) is 11.3 Å². The predicted molar refractivity (Wildman–Crippen MR) is 127 cm³/mol. The average molecular weight is 530 g/mol. The van der Waals surface area contributed by atoms with Crippen LogP contribution in [0, 0.1) is 52.2 Å². The summed E-state index contributed by atoms with van der Waals surface area (Å²) >= 11 is 0. The van der Waals surface area contributed by atoms with Crippen molar-refractivity contribution in [2.45, 2.75) is 6.54 Å². The normalized spacial score (nSPS) is 35.2. The van der Waals surface area contributed by atoms with Crippen molar-refractivity contribution in [3.63, 3.8) is 0 Å². The summed E-state index contributed by atoms with van der Waals surface area (Å²) in [6, 6.07) is 6.23. The molecule has 6 saturated carbocycles. The number of carboxylic acids is 1. The molecule has 0 radical (unpaired) electrons. The average Bonchev–Trinajstić information content (AvgIpc) is 3.50. The summed E-state index contributed by atoms with van der Waals surface area (Å²) in [6.07, 6.45) is 0.936. The maximum atomic E-state index is 14.4. The number of aliphatic carboxylic acids is 1. The topological polar surface area (TPSA) is 172 Å². The van der Waals surface area contributed by atoms with E-state index in [1.807, 2.05) is 0 Å². The number of carbonyl (C=O) groups is 3. The summed E-state index contributed by atoms with van der Waals surface area (Å²) in [5.74, 6) is -1.26. The molecule has 1 aromatic carbocycles. The van der Waals surface area contributed by atoms with E-state index in [1.165, 1.54) is 6.07 Å². The number of hydrogen-bond donors (Lipinski definition) is 4. The van der Waals surface area contributed by atoms with Gasteiger partial charge in [0.05, 0.1) is 17.1 Å². The fourth-order valence-corrected chi connectivity index (χ4v) is 9.45. The number of carbonyl (C=O) groups excluding carboxylic acids is 2. The molecule has 0 saturated heterocycles. The van der Waals surface area contributed by atoms with Gasteiger partial charge in [-0.15, -0.1) is 0 Å². The van der Waals surface area contributed by atoms with Crippen LogP contribution < -0.4 is 16.4 Å². The molecule has 2 amide bonds. The summed E-state index contributed by atoms with van der Waals surface area (Å²) in [4.78, 5) is 56.0. The number of aromatic amines is 1. The van der Waals surface area contributed by atoms with E-state index in [-0.39, 0.29) is 46.7 Å². The highest BCUT2D eigenvalue weighted by atomic mass is 19.1. The van der Waals surface area contributed by atoms with Crippen LogP contribution >= 0.6 is 0 Å². The maximum Gasteiger partial charge on any atom is 0.417 e. The van der Waals surface area contributed by atoms with Gasteiger partial charge in [-0.05, 0) is 58.6 Å². The Morgan fingerprint density at radius 2 is 1.82 bits per heavy atom. The summed E-state index contributed by atoms with van der Waals surface area (Å²) in [6.45, 7) is 0.519. The Hall–Kier alpha value is -4.55. The number of fused-ring (bicyclic) bond motifs is 2. The Labute approximate surface area is 216 Å². The molecule has 4 aromatic rings. The van der Waals surface area contributed by atoms with E-state index < -0.39 is 34.8 Å². The Balaban J connectivity index is 0.939. The van der Waals surface area contributed by atoms with Gasteiger partial charge in [0.2, 0.25) is 0 Å². The van der Waals surface area contributed by atoms with Crippen LogP contribution in [0.15, 0.2) is 39.7 Å². The molecule has 6 aliphatic carbocycles. The first-order valence-corrected chi connectivity index (χ1v) is 12.7. The number of rotatable bonds is 7. The standard InChI is InChI=1S/C26H19FN6O6/c27-9-6-30-33-12(22(35)29-7-25-14-17-15(25)19-16(25)18(14)26(17,19)23(36)37)4-11(31-20(9)33)21(34)28-5-8-1-2-13-10(3-8)32-24(38)39-13/h1-4,6,14-19H,5,7H2,(H,28,34)(H,29,35)(H,32,38)(H,36,37). The third kappa shape index (κ3) is 2.07. The van der Waals surface area contributed by atoms with Gasteiger partial charge in [0.1, 0.15) is 11.4 Å². The second-order valence-electron chi connectivity index (χ2n) is 11.5. The molecule has 0 aliphatic heterocycles. The molecule has 12 nitrogen and oxygen atoms in total. The van der Waals surface area contributed by atoms with Crippen LogP contribution in [0.5, 0.6) is 0 Å². The highest BCUT2D eigenvalue weighted by Gasteiger charge is 3.11. The van der Waals surface area contributed by atoms with Crippen LogP contribution in [0.1, 0.15) is 26.5 Å². The number of H-pyrrole nitrogens is 1. The molecule has 10 rings (SSSR count). The predicted octanol–water partition coefficient (Wildman–Crippen LogP) is 0.785. The SMILES string of the molecule is O=C(NCc1ccc2oc(=O)[nH]c2c1)c1cc(C(=O)NCC23C4C5C2C2C3C4C52C(=O)O)n2ncc(F)c2n1. The molecule has 0 atom stereocenters. The van der Waals surface area contributed by atoms with Crippen LogP contribution in [0.2, 0.25) is 0 Å². The molecule has 3 heterocycles. The van der Waals surface area contributed by atoms with Crippen molar-refractivity contribution in [2.75, 3.05) is 6.54 Å². The second kappa shape index (κ2) is 6.35. The molecular formula is C26H19FN6O6. The van der Waals surface area contributed by atoms with Crippen molar-refractivity contribution in [1.29, 1.82) is 0 Å². The van der Waals surface area contributed by atoms with Gasteiger partial charge in [-0.2, -0.15) is 5.10 Å². The van der Waals surface area contributed by atoms with Gasteiger partial charge >= 0.3 is 11.7 Å². The minimum atomic E-state index is -0.770. The van der Waals surface area contributed by atoms with E-state index in [2.05, 4.69) is 25.7 Å².